The van der Waals surface area contributed by atoms with Crippen molar-refractivity contribution in [2.45, 2.75) is 13.0 Å². The molecule has 0 spiro atoms. The van der Waals surface area contributed by atoms with Gasteiger partial charge in [-0.2, -0.15) is 0 Å². The fraction of sp³-hybridized carbons (Fsp3) is 0.222. The zero-order valence-corrected chi connectivity index (χ0v) is 13.5. The van der Waals surface area contributed by atoms with Gasteiger partial charge < -0.3 is 15.0 Å². The van der Waals surface area contributed by atoms with Gasteiger partial charge in [-0.05, 0) is 31.2 Å². The molecule has 0 radical (unpaired) electrons. The highest BCUT2D eigenvalue weighted by Gasteiger charge is 2.15. The number of aryl methyl sites for hydroxylation is 2. The van der Waals surface area contributed by atoms with Gasteiger partial charge in [-0.25, -0.2) is 9.37 Å². The molecule has 0 fully saturated rings. The normalized spacial score (nSPS) is 12.3. The van der Waals surface area contributed by atoms with Gasteiger partial charge in [-0.15, -0.1) is 0 Å². The molecular weight excluding hydrogens is 309 g/mol. The molecule has 24 heavy (non-hydrogen) atoms. The average molecular weight is 327 g/mol. The molecule has 1 atom stereocenters. The fourth-order valence-electron chi connectivity index (χ4n) is 2.61. The number of aliphatic hydroxyl groups excluding tert-OH is 1. The van der Waals surface area contributed by atoms with Crippen molar-refractivity contribution in [3.63, 3.8) is 0 Å². The van der Waals surface area contributed by atoms with E-state index in [-0.39, 0.29) is 18.0 Å². The highest BCUT2D eigenvalue weighted by molar-refractivity contribution is 5.97. The third kappa shape index (κ3) is 3.00. The monoisotopic (exact) mass is 327 g/mol. The number of rotatable bonds is 4. The molecule has 2 aromatic carbocycles. The van der Waals surface area contributed by atoms with E-state index in [1.54, 1.807) is 24.3 Å². The SMILES string of the molecule is Cc1nc2cc(C(=O)NCC(O)c3ccccc3F)ccc2n1C. The van der Waals surface area contributed by atoms with Crippen molar-refractivity contribution >= 4 is 16.9 Å². The van der Waals surface area contributed by atoms with Crippen molar-refractivity contribution in [2.24, 2.45) is 7.05 Å². The Morgan fingerprint density at radius 3 is 2.83 bits per heavy atom. The molecule has 3 rings (SSSR count). The lowest BCUT2D eigenvalue weighted by Gasteiger charge is -2.13. The number of fused-ring (bicyclic) bond motifs is 1. The Balaban J connectivity index is 1.72. The maximum Gasteiger partial charge on any atom is 0.251 e. The predicted molar refractivity (Wildman–Crippen MR) is 89.1 cm³/mol. The van der Waals surface area contributed by atoms with Crippen LogP contribution in [-0.4, -0.2) is 27.1 Å². The Labute approximate surface area is 138 Å². The van der Waals surface area contributed by atoms with Crippen LogP contribution in [0.4, 0.5) is 4.39 Å². The first-order valence-corrected chi connectivity index (χ1v) is 7.61. The molecule has 1 aromatic heterocycles. The summed E-state index contributed by atoms with van der Waals surface area (Å²) >= 11 is 0. The van der Waals surface area contributed by atoms with Crippen LogP contribution in [0.15, 0.2) is 42.5 Å². The zero-order valence-electron chi connectivity index (χ0n) is 13.5. The number of amides is 1. The van der Waals surface area contributed by atoms with Gasteiger partial charge in [-0.1, -0.05) is 18.2 Å². The first kappa shape index (κ1) is 16.1. The van der Waals surface area contributed by atoms with E-state index in [1.807, 2.05) is 24.6 Å². The number of aliphatic hydroxyl groups is 1. The summed E-state index contributed by atoms with van der Waals surface area (Å²) in [5.41, 5.74) is 2.28. The lowest BCUT2D eigenvalue weighted by molar-refractivity contribution is 0.0914. The molecule has 0 aliphatic rings. The third-order valence-electron chi connectivity index (χ3n) is 4.09. The molecular formula is C18H18FN3O2. The highest BCUT2D eigenvalue weighted by atomic mass is 19.1. The third-order valence-corrected chi connectivity index (χ3v) is 4.09. The van der Waals surface area contributed by atoms with Crippen molar-refractivity contribution in [3.05, 3.63) is 65.2 Å². The number of benzene rings is 2. The minimum atomic E-state index is -1.10. The summed E-state index contributed by atoms with van der Waals surface area (Å²) in [6.07, 6.45) is -1.10. The molecule has 1 unspecified atom stereocenters. The van der Waals surface area contributed by atoms with Gasteiger partial charge in [0.15, 0.2) is 0 Å². The summed E-state index contributed by atoms with van der Waals surface area (Å²) in [5.74, 6) is 0.0257. The zero-order chi connectivity index (χ0) is 17.3. The Morgan fingerprint density at radius 2 is 2.08 bits per heavy atom. The number of aromatic nitrogens is 2. The Hall–Kier alpha value is -2.73. The topological polar surface area (TPSA) is 67.2 Å². The summed E-state index contributed by atoms with van der Waals surface area (Å²) < 4.78 is 15.6. The number of carbonyl (C=O) groups excluding carboxylic acids is 1. The molecule has 1 heterocycles. The van der Waals surface area contributed by atoms with Crippen LogP contribution in [0.1, 0.15) is 27.8 Å². The van der Waals surface area contributed by atoms with E-state index >= 15 is 0 Å². The molecule has 0 saturated heterocycles. The smallest absolute Gasteiger partial charge is 0.251 e. The van der Waals surface area contributed by atoms with Crippen LogP contribution in [0, 0.1) is 12.7 Å². The second kappa shape index (κ2) is 6.41. The van der Waals surface area contributed by atoms with Crippen LogP contribution in [0.2, 0.25) is 0 Å². The quantitative estimate of drug-likeness (QED) is 0.774. The molecule has 2 N–H and O–H groups in total. The molecule has 6 heteroatoms. The van der Waals surface area contributed by atoms with Gasteiger partial charge in [0, 0.05) is 24.7 Å². The number of nitrogens with one attached hydrogen (secondary N) is 1. The van der Waals surface area contributed by atoms with Gasteiger partial charge in [0.05, 0.1) is 17.1 Å². The summed E-state index contributed by atoms with van der Waals surface area (Å²) in [7, 11) is 1.91. The summed E-state index contributed by atoms with van der Waals surface area (Å²) in [6.45, 7) is 1.82. The van der Waals surface area contributed by atoms with Gasteiger partial charge in [0.1, 0.15) is 11.6 Å². The lowest BCUT2D eigenvalue weighted by atomic mass is 10.1. The van der Waals surface area contributed by atoms with Crippen LogP contribution >= 0.6 is 0 Å². The molecule has 1 amide bonds. The molecule has 0 aliphatic carbocycles. The number of imidazole rings is 1. The standard InChI is InChI=1S/C18H18FN3O2/c1-11-21-15-9-12(7-8-16(15)22(11)2)18(24)20-10-17(23)13-5-3-4-6-14(13)19/h3-9,17,23H,10H2,1-2H3,(H,20,24). The second-order valence-corrected chi connectivity index (χ2v) is 5.67. The second-order valence-electron chi connectivity index (χ2n) is 5.67. The molecule has 124 valence electrons. The summed E-state index contributed by atoms with van der Waals surface area (Å²) in [4.78, 5) is 16.6. The number of halogens is 1. The van der Waals surface area contributed by atoms with Crippen molar-refractivity contribution < 1.29 is 14.3 Å². The van der Waals surface area contributed by atoms with Gasteiger partial charge in [-0.3, -0.25) is 4.79 Å². The van der Waals surface area contributed by atoms with E-state index < -0.39 is 11.9 Å². The predicted octanol–water partition coefficient (Wildman–Crippen LogP) is 2.48. The van der Waals surface area contributed by atoms with E-state index in [9.17, 15) is 14.3 Å². The van der Waals surface area contributed by atoms with E-state index in [1.165, 1.54) is 12.1 Å². The van der Waals surface area contributed by atoms with E-state index in [0.29, 0.717) is 5.56 Å². The van der Waals surface area contributed by atoms with Crippen LogP contribution in [0.25, 0.3) is 11.0 Å². The van der Waals surface area contributed by atoms with Gasteiger partial charge in [0.2, 0.25) is 0 Å². The molecule has 5 nitrogen and oxygen atoms in total. The Morgan fingerprint density at radius 1 is 1.33 bits per heavy atom. The van der Waals surface area contributed by atoms with Crippen LogP contribution < -0.4 is 5.32 Å². The summed E-state index contributed by atoms with van der Waals surface area (Å²) in [5, 5.41) is 12.7. The number of carbonyl (C=O) groups is 1. The molecule has 0 aliphatic heterocycles. The number of nitrogens with zero attached hydrogens (tertiary/aromatic N) is 2. The first-order valence-electron chi connectivity index (χ1n) is 7.61. The van der Waals surface area contributed by atoms with Crippen molar-refractivity contribution in [3.8, 4) is 0 Å². The molecule has 0 saturated carbocycles. The van der Waals surface area contributed by atoms with Gasteiger partial charge in [0.25, 0.3) is 5.91 Å². The van der Waals surface area contributed by atoms with Crippen molar-refractivity contribution in [2.75, 3.05) is 6.54 Å². The maximum atomic E-state index is 13.6. The van der Waals surface area contributed by atoms with E-state index in [0.717, 1.165) is 16.9 Å². The fourth-order valence-corrected chi connectivity index (χ4v) is 2.61. The Bertz CT molecular complexity index is 904. The first-order chi connectivity index (χ1) is 11.5. The Kier molecular flexibility index (Phi) is 4.31. The number of hydrogen-bond donors (Lipinski definition) is 2. The van der Waals surface area contributed by atoms with Gasteiger partial charge >= 0.3 is 0 Å². The van der Waals surface area contributed by atoms with Crippen molar-refractivity contribution in [1.82, 2.24) is 14.9 Å². The lowest BCUT2D eigenvalue weighted by Crippen LogP contribution is -2.28. The maximum absolute atomic E-state index is 13.6. The van der Waals surface area contributed by atoms with E-state index in [4.69, 9.17) is 0 Å². The number of hydrogen-bond acceptors (Lipinski definition) is 3. The average Bonchev–Trinajstić information content (AvgIpc) is 2.86. The molecule has 0 bridgehead atoms. The largest absolute Gasteiger partial charge is 0.386 e. The minimum absolute atomic E-state index is 0.0704. The highest BCUT2D eigenvalue weighted by Crippen LogP contribution is 2.18. The van der Waals surface area contributed by atoms with Crippen LogP contribution in [-0.2, 0) is 7.05 Å². The molecule has 3 aromatic rings. The summed E-state index contributed by atoms with van der Waals surface area (Å²) in [6, 6.07) is 11.2. The van der Waals surface area contributed by atoms with Crippen LogP contribution in [0.5, 0.6) is 0 Å². The van der Waals surface area contributed by atoms with E-state index in [2.05, 4.69) is 10.3 Å². The van der Waals surface area contributed by atoms with Crippen LogP contribution in [0.3, 0.4) is 0 Å². The minimum Gasteiger partial charge on any atom is -0.386 e. The van der Waals surface area contributed by atoms with Crippen molar-refractivity contribution in [1.29, 1.82) is 0 Å².